The Morgan fingerprint density at radius 2 is 2.21 bits per heavy atom. The summed E-state index contributed by atoms with van der Waals surface area (Å²) in [6.45, 7) is 5.23. The van der Waals surface area contributed by atoms with Gasteiger partial charge in [-0.25, -0.2) is 0 Å². The van der Waals surface area contributed by atoms with Crippen molar-refractivity contribution in [3.8, 4) is 0 Å². The second-order valence-corrected chi connectivity index (χ2v) is 5.63. The third kappa shape index (κ3) is 2.42. The van der Waals surface area contributed by atoms with Gasteiger partial charge in [-0.1, -0.05) is 31.2 Å². The molecule has 3 unspecified atom stereocenters. The van der Waals surface area contributed by atoms with Gasteiger partial charge in [0.05, 0.1) is 12.7 Å². The van der Waals surface area contributed by atoms with E-state index in [4.69, 9.17) is 4.74 Å². The van der Waals surface area contributed by atoms with Crippen LogP contribution in [0.1, 0.15) is 30.5 Å². The molecule has 3 heteroatoms. The molecule has 1 aliphatic carbocycles. The highest BCUT2D eigenvalue weighted by atomic mass is 16.5. The fraction of sp³-hybridized carbons (Fsp3) is 0.625. The van der Waals surface area contributed by atoms with Gasteiger partial charge >= 0.3 is 0 Å². The first-order chi connectivity index (χ1) is 9.33. The molecule has 1 saturated heterocycles. The van der Waals surface area contributed by atoms with E-state index in [1.54, 1.807) is 0 Å². The van der Waals surface area contributed by atoms with Gasteiger partial charge in [0.25, 0.3) is 0 Å². The van der Waals surface area contributed by atoms with Gasteiger partial charge in [0.1, 0.15) is 0 Å². The summed E-state index contributed by atoms with van der Waals surface area (Å²) in [5.41, 5.74) is 2.99. The Balaban J connectivity index is 1.79. The van der Waals surface area contributed by atoms with Gasteiger partial charge < -0.3 is 10.1 Å². The molecule has 1 heterocycles. The molecule has 1 aliphatic heterocycles. The summed E-state index contributed by atoms with van der Waals surface area (Å²) in [7, 11) is 2.08. The molecule has 0 spiro atoms. The minimum Gasteiger partial charge on any atom is -0.376 e. The van der Waals surface area contributed by atoms with Gasteiger partial charge in [-0.3, -0.25) is 4.90 Å². The van der Waals surface area contributed by atoms with Crippen LogP contribution in [0.4, 0.5) is 0 Å². The van der Waals surface area contributed by atoms with E-state index in [9.17, 15) is 0 Å². The number of benzene rings is 1. The number of fused-ring (bicyclic) bond motifs is 1. The number of likely N-dealkylation sites (N-methyl/N-ethyl adjacent to an activating group) is 1. The Morgan fingerprint density at radius 1 is 1.37 bits per heavy atom. The smallest absolute Gasteiger partial charge is 0.0700 e. The van der Waals surface area contributed by atoms with Crippen molar-refractivity contribution in [3.63, 3.8) is 0 Å². The second-order valence-electron chi connectivity index (χ2n) is 5.63. The van der Waals surface area contributed by atoms with Crippen LogP contribution in [-0.4, -0.2) is 43.8 Å². The highest BCUT2D eigenvalue weighted by Crippen LogP contribution is 2.34. The Morgan fingerprint density at radius 3 is 3.00 bits per heavy atom. The zero-order valence-electron chi connectivity index (χ0n) is 11.9. The molecule has 3 atom stereocenters. The van der Waals surface area contributed by atoms with E-state index in [1.807, 2.05) is 0 Å². The van der Waals surface area contributed by atoms with Crippen molar-refractivity contribution in [1.82, 2.24) is 10.2 Å². The van der Waals surface area contributed by atoms with Gasteiger partial charge in [-0.2, -0.15) is 0 Å². The number of hydrogen-bond donors (Lipinski definition) is 1. The van der Waals surface area contributed by atoms with Crippen LogP contribution in [0.5, 0.6) is 0 Å². The van der Waals surface area contributed by atoms with Crippen molar-refractivity contribution in [2.24, 2.45) is 0 Å². The lowest BCUT2D eigenvalue weighted by Crippen LogP contribution is -2.50. The third-order valence-corrected chi connectivity index (χ3v) is 4.61. The quantitative estimate of drug-likeness (QED) is 0.899. The SMILES string of the molecule is CCC1CN(C2Cc3ccccc3C2NC)CCO1. The van der Waals surface area contributed by atoms with E-state index < -0.39 is 0 Å². The van der Waals surface area contributed by atoms with Crippen LogP contribution in [0.3, 0.4) is 0 Å². The van der Waals surface area contributed by atoms with Crippen molar-refractivity contribution in [2.75, 3.05) is 26.7 Å². The van der Waals surface area contributed by atoms with E-state index in [0.717, 1.165) is 32.5 Å². The lowest BCUT2D eigenvalue weighted by atomic mass is 10.0. The lowest BCUT2D eigenvalue weighted by Gasteiger charge is -2.39. The Hall–Kier alpha value is -0.900. The molecular weight excluding hydrogens is 236 g/mol. The molecule has 2 aliphatic rings. The number of nitrogens with one attached hydrogen (secondary N) is 1. The minimum absolute atomic E-state index is 0.412. The fourth-order valence-corrected chi connectivity index (χ4v) is 3.55. The first kappa shape index (κ1) is 13.1. The maximum atomic E-state index is 5.80. The third-order valence-electron chi connectivity index (χ3n) is 4.61. The van der Waals surface area contributed by atoms with Crippen molar-refractivity contribution in [1.29, 1.82) is 0 Å². The van der Waals surface area contributed by atoms with Gasteiger partial charge in [0.2, 0.25) is 0 Å². The zero-order valence-corrected chi connectivity index (χ0v) is 11.9. The van der Waals surface area contributed by atoms with Crippen molar-refractivity contribution in [3.05, 3.63) is 35.4 Å². The maximum absolute atomic E-state index is 5.80. The molecule has 0 aromatic heterocycles. The predicted octanol–water partition coefficient (Wildman–Crippen LogP) is 1.98. The molecule has 104 valence electrons. The van der Waals surface area contributed by atoms with E-state index in [2.05, 4.69) is 48.5 Å². The molecule has 1 aromatic rings. The van der Waals surface area contributed by atoms with Crippen LogP contribution in [0, 0.1) is 0 Å². The Kier molecular flexibility index (Phi) is 3.87. The summed E-state index contributed by atoms with van der Waals surface area (Å²) >= 11 is 0. The van der Waals surface area contributed by atoms with Gasteiger partial charge in [0, 0.05) is 25.2 Å². The summed E-state index contributed by atoms with van der Waals surface area (Å²) in [5.74, 6) is 0. The zero-order chi connectivity index (χ0) is 13.2. The van der Waals surface area contributed by atoms with Crippen LogP contribution in [0.25, 0.3) is 0 Å². The fourth-order valence-electron chi connectivity index (χ4n) is 3.55. The van der Waals surface area contributed by atoms with Crippen LogP contribution < -0.4 is 5.32 Å². The van der Waals surface area contributed by atoms with Crippen LogP contribution in [0.2, 0.25) is 0 Å². The highest BCUT2D eigenvalue weighted by molar-refractivity contribution is 5.37. The topological polar surface area (TPSA) is 24.5 Å². The largest absolute Gasteiger partial charge is 0.376 e. The summed E-state index contributed by atoms with van der Waals surface area (Å²) in [6, 6.07) is 9.90. The molecule has 1 aromatic carbocycles. The van der Waals surface area contributed by atoms with E-state index >= 15 is 0 Å². The normalized spacial score (nSPS) is 31.4. The molecule has 19 heavy (non-hydrogen) atoms. The summed E-state index contributed by atoms with van der Waals surface area (Å²) in [4.78, 5) is 2.62. The number of rotatable bonds is 3. The van der Waals surface area contributed by atoms with Crippen molar-refractivity contribution in [2.45, 2.75) is 38.0 Å². The number of nitrogens with zero attached hydrogens (tertiary/aromatic N) is 1. The summed E-state index contributed by atoms with van der Waals surface area (Å²) in [6.07, 6.45) is 2.69. The number of morpholine rings is 1. The lowest BCUT2D eigenvalue weighted by molar-refractivity contribution is -0.0476. The molecule has 0 radical (unpaired) electrons. The molecule has 3 nitrogen and oxygen atoms in total. The Labute approximate surface area is 115 Å². The second kappa shape index (κ2) is 5.61. The van der Waals surface area contributed by atoms with E-state index in [1.165, 1.54) is 11.1 Å². The maximum Gasteiger partial charge on any atom is 0.0700 e. The van der Waals surface area contributed by atoms with Crippen molar-refractivity contribution < 1.29 is 4.74 Å². The minimum atomic E-state index is 0.412. The molecule has 1 N–H and O–H groups in total. The molecule has 1 fully saturated rings. The monoisotopic (exact) mass is 260 g/mol. The van der Waals surface area contributed by atoms with Gasteiger partial charge in [-0.15, -0.1) is 0 Å². The number of ether oxygens (including phenoxy) is 1. The average Bonchev–Trinajstić information content (AvgIpc) is 2.86. The predicted molar refractivity (Wildman–Crippen MR) is 77.3 cm³/mol. The van der Waals surface area contributed by atoms with Crippen LogP contribution >= 0.6 is 0 Å². The van der Waals surface area contributed by atoms with Crippen LogP contribution in [0.15, 0.2) is 24.3 Å². The molecule has 0 saturated carbocycles. The summed E-state index contributed by atoms with van der Waals surface area (Å²) < 4.78 is 5.80. The van der Waals surface area contributed by atoms with E-state index in [0.29, 0.717) is 18.2 Å². The van der Waals surface area contributed by atoms with Crippen molar-refractivity contribution >= 4 is 0 Å². The standard InChI is InChI=1S/C16H24N2O/c1-3-13-11-18(8-9-19-13)15-10-12-6-4-5-7-14(12)16(15)17-2/h4-7,13,15-17H,3,8-11H2,1-2H3. The van der Waals surface area contributed by atoms with E-state index in [-0.39, 0.29) is 0 Å². The molecule has 0 bridgehead atoms. The first-order valence-electron chi connectivity index (χ1n) is 7.44. The Bertz CT molecular complexity index is 435. The average molecular weight is 260 g/mol. The van der Waals surface area contributed by atoms with Crippen LogP contribution in [-0.2, 0) is 11.2 Å². The summed E-state index contributed by atoms with van der Waals surface area (Å²) in [5, 5.41) is 3.52. The molecule has 3 rings (SSSR count). The van der Waals surface area contributed by atoms with Gasteiger partial charge in [0.15, 0.2) is 0 Å². The first-order valence-corrected chi connectivity index (χ1v) is 7.44. The molecule has 0 amide bonds. The molecular formula is C16H24N2O. The highest BCUT2D eigenvalue weighted by Gasteiger charge is 2.36. The van der Waals surface area contributed by atoms with Gasteiger partial charge in [-0.05, 0) is 31.0 Å². The number of hydrogen-bond acceptors (Lipinski definition) is 3.